The van der Waals surface area contributed by atoms with E-state index in [1.165, 1.54) is 57.8 Å². The Kier molecular flexibility index (Phi) is 18.1. The van der Waals surface area contributed by atoms with Crippen molar-refractivity contribution in [3.8, 4) is 11.8 Å². The van der Waals surface area contributed by atoms with Crippen LogP contribution in [0.3, 0.4) is 0 Å². The summed E-state index contributed by atoms with van der Waals surface area (Å²) in [6.07, 6.45) is 14.8. The summed E-state index contributed by atoms with van der Waals surface area (Å²) in [5.74, 6) is 6.62. The lowest BCUT2D eigenvalue weighted by atomic mass is 10.1. The van der Waals surface area contributed by atoms with Crippen LogP contribution in [0.5, 0.6) is 0 Å². The SMILES string of the molecule is CCCCCCC#CCCCCCCCC(OCC)OCC. The Labute approximate surface area is 139 Å². The fraction of sp³-hybridized carbons (Fsp3) is 0.900. The Morgan fingerprint density at radius 2 is 1.14 bits per heavy atom. The van der Waals surface area contributed by atoms with Crippen molar-refractivity contribution in [1.29, 1.82) is 0 Å². The van der Waals surface area contributed by atoms with Crippen LogP contribution in [-0.4, -0.2) is 19.5 Å². The standard InChI is InChI=1S/C20H38O2/c1-4-7-8-9-10-11-12-13-14-15-16-17-18-19-20(21-5-2)22-6-3/h20H,4-10,13-19H2,1-3H3. The normalized spacial score (nSPS) is 10.7. The molecule has 0 unspecified atom stereocenters. The molecule has 0 aliphatic rings. The molecule has 0 fully saturated rings. The third-order valence-electron chi connectivity index (χ3n) is 3.73. The van der Waals surface area contributed by atoms with E-state index in [4.69, 9.17) is 9.47 Å². The van der Waals surface area contributed by atoms with Gasteiger partial charge in [-0.3, -0.25) is 0 Å². The summed E-state index contributed by atoms with van der Waals surface area (Å²) < 4.78 is 11.1. The van der Waals surface area contributed by atoms with Crippen LogP contribution in [-0.2, 0) is 9.47 Å². The molecule has 0 bridgehead atoms. The summed E-state index contributed by atoms with van der Waals surface area (Å²) in [5.41, 5.74) is 0. The summed E-state index contributed by atoms with van der Waals surface area (Å²) in [5, 5.41) is 0. The number of hydrogen-bond donors (Lipinski definition) is 0. The van der Waals surface area contributed by atoms with Gasteiger partial charge < -0.3 is 9.47 Å². The number of rotatable bonds is 15. The Morgan fingerprint density at radius 3 is 1.68 bits per heavy atom. The van der Waals surface area contributed by atoms with Gasteiger partial charge in [0.25, 0.3) is 0 Å². The molecule has 0 radical (unpaired) electrons. The molecule has 0 aliphatic heterocycles. The smallest absolute Gasteiger partial charge is 0.157 e. The average Bonchev–Trinajstić information content (AvgIpc) is 2.52. The first kappa shape index (κ1) is 21.5. The minimum atomic E-state index is 0.00794. The third-order valence-corrected chi connectivity index (χ3v) is 3.73. The Balaban J connectivity index is 3.30. The van der Waals surface area contributed by atoms with Gasteiger partial charge >= 0.3 is 0 Å². The van der Waals surface area contributed by atoms with E-state index in [1.807, 2.05) is 13.8 Å². The maximum atomic E-state index is 5.55. The van der Waals surface area contributed by atoms with E-state index in [2.05, 4.69) is 18.8 Å². The van der Waals surface area contributed by atoms with E-state index in [-0.39, 0.29) is 6.29 Å². The van der Waals surface area contributed by atoms with Crippen molar-refractivity contribution in [3.05, 3.63) is 0 Å². The van der Waals surface area contributed by atoms with E-state index in [0.29, 0.717) is 0 Å². The van der Waals surface area contributed by atoms with Crippen LogP contribution in [0.25, 0.3) is 0 Å². The van der Waals surface area contributed by atoms with Crippen molar-refractivity contribution in [3.63, 3.8) is 0 Å². The van der Waals surface area contributed by atoms with E-state index in [1.54, 1.807) is 0 Å². The number of unbranched alkanes of at least 4 members (excludes halogenated alkanes) is 9. The fourth-order valence-electron chi connectivity index (χ4n) is 2.46. The van der Waals surface area contributed by atoms with E-state index in [9.17, 15) is 0 Å². The zero-order valence-electron chi connectivity index (χ0n) is 15.3. The van der Waals surface area contributed by atoms with Gasteiger partial charge in [-0.2, -0.15) is 0 Å². The molecule has 0 amide bonds. The average molecular weight is 311 g/mol. The molecule has 0 spiro atoms. The summed E-state index contributed by atoms with van der Waals surface area (Å²) >= 11 is 0. The molecule has 0 N–H and O–H groups in total. The molecular weight excluding hydrogens is 272 g/mol. The van der Waals surface area contributed by atoms with Crippen LogP contribution in [0.2, 0.25) is 0 Å². The summed E-state index contributed by atoms with van der Waals surface area (Å²) in [6.45, 7) is 7.77. The number of hydrogen-bond acceptors (Lipinski definition) is 2. The van der Waals surface area contributed by atoms with E-state index >= 15 is 0 Å². The van der Waals surface area contributed by atoms with Crippen molar-refractivity contribution in [2.75, 3.05) is 13.2 Å². The van der Waals surface area contributed by atoms with Gasteiger partial charge in [0.2, 0.25) is 0 Å². The molecule has 22 heavy (non-hydrogen) atoms. The van der Waals surface area contributed by atoms with Crippen molar-refractivity contribution in [2.45, 2.75) is 104 Å². The minimum absolute atomic E-state index is 0.00794. The highest BCUT2D eigenvalue weighted by Gasteiger charge is 2.06. The molecule has 0 aliphatic carbocycles. The topological polar surface area (TPSA) is 18.5 Å². The van der Waals surface area contributed by atoms with Crippen molar-refractivity contribution < 1.29 is 9.47 Å². The lowest BCUT2D eigenvalue weighted by Crippen LogP contribution is -2.17. The van der Waals surface area contributed by atoms with Crippen molar-refractivity contribution in [2.24, 2.45) is 0 Å². The zero-order chi connectivity index (χ0) is 16.3. The van der Waals surface area contributed by atoms with Gasteiger partial charge in [0.1, 0.15) is 0 Å². The van der Waals surface area contributed by atoms with Gasteiger partial charge in [-0.25, -0.2) is 0 Å². The van der Waals surface area contributed by atoms with Crippen molar-refractivity contribution in [1.82, 2.24) is 0 Å². The first-order chi connectivity index (χ1) is 10.8. The predicted molar refractivity (Wildman–Crippen MR) is 95.9 cm³/mol. The largest absolute Gasteiger partial charge is 0.353 e. The summed E-state index contributed by atoms with van der Waals surface area (Å²) in [4.78, 5) is 0. The van der Waals surface area contributed by atoms with Crippen molar-refractivity contribution >= 4 is 0 Å². The lowest BCUT2D eigenvalue weighted by Gasteiger charge is -2.16. The van der Waals surface area contributed by atoms with Gasteiger partial charge in [-0.05, 0) is 39.5 Å². The molecular formula is C20H38O2. The molecule has 0 aromatic rings. The highest BCUT2D eigenvalue weighted by molar-refractivity contribution is 4.98. The third kappa shape index (κ3) is 15.9. The highest BCUT2D eigenvalue weighted by atomic mass is 16.7. The lowest BCUT2D eigenvalue weighted by molar-refractivity contribution is -0.140. The van der Waals surface area contributed by atoms with Crippen LogP contribution in [0.1, 0.15) is 97.8 Å². The zero-order valence-corrected chi connectivity index (χ0v) is 15.3. The Bertz CT molecular complexity index is 259. The molecule has 0 saturated carbocycles. The molecule has 0 heterocycles. The second-order valence-corrected chi connectivity index (χ2v) is 5.81. The Hall–Kier alpha value is -0.520. The quantitative estimate of drug-likeness (QED) is 0.207. The highest BCUT2D eigenvalue weighted by Crippen LogP contribution is 2.11. The number of ether oxygens (including phenoxy) is 2. The molecule has 2 heteroatoms. The molecule has 0 rings (SSSR count). The Morgan fingerprint density at radius 1 is 0.636 bits per heavy atom. The van der Waals surface area contributed by atoms with Crippen LogP contribution < -0.4 is 0 Å². The van der Waals surface area contributed by atoms with Gasteiger partial charge in [-0.1, -0.05) is 45.4 Å². The minimum Gasteiger partial charge on any atom is -0.353 e. The second-order valence-electron chi connectivity index (χ2n) is 5.81. The molecule has 0 aromatic carbocycles. The maximum absolute atomic E-state index is 5.55. The summed E-state index contributed by atoms with van der Waals surface area (Å²) in [6, 6.07) is 0. The molecule has 0 atom stereocenters. The van der Waals surface area contributed by atoms with Gasteiger partial charge in [0.15, 0.2) is 6.29 Å². The maximum Gasteiger partial charge on any atom is 0.157 e. The van der Waals surface area contributed by atoms with E-state index < -0.39 is 0 Å². The monoisotopic (exact) mass is 310 g/mol. The van der Waals surface area contributed by atoms with Gasteiger partial charge in [0, 0.05) is 26.1 Å². The van der Waals surface area contributed by atoms with Crippen LogP contribution >= 0.6 is 0 Å². The first-order valence-electron chi connectivity index (χ1n) is 9.54. The summed E-state index contributed by atoms with van der Waals surface area (Å²) in [7, 11) is 0. The van der Waals surface area contributed by atoms with Crippen LogP contribution in [0.15, 0.2) is 0 Å². The van der Waals surface area contributed by atoms with Gasteiger partial charge in [-0.15, -0.1) is 11.8 Å². The molecule has 130 valence electrons. The van der Waals surface area contributed by atoms with E-state index in [0.717, 1.165) is 32.5 Å². The van der Waals surface area contributed by atoms with Gasteiger partial charge in [0.05, 0.1) is 0 Å². The fourth-order valence-corrected chi connectivity index (χ4v) is 2.46. The van der Waals surface area contributed by atoms with Crippen LogP contribution in [0, 0.1) is 11.8 Å². The predicted octanol–water partition coefficient (Wildman–Crippen LogP) is 6.09. The molecule has 0 saturated heterocycles. The molecule has 0 aromatic heterocycles. The second kappa shape index (κ2) is 18.5. The molecule has 2 nitrogen and oxygen atoms in total. The first-order valence-corrected chi connectivity index (χ1v) is 9.54. The van der Waals surface area contributed by atoms with Crippen LogP contribution in [0.4, 0.5) is 0 Å².